The summed E-state index contributed by atoms with van der Waals surface area (Å²) in [6, 6.07) is 0.964. The van der Waals surface area contributed by atoms with Crippen LogP contribution in [0.1, 0.15) is 47.8 Å². The second-order valence-electron chi connectivity index (χ2n) is 10.6. The molecule has 1 aromatic heterocycles. The Hall–Kier alpha value is -2.83. The van der Waals surface area contributed by atoms with Gasteiger partial charge in [-0.15, -0.1) is 6.42 Å². The SMILES string of the molecule is C#CC1(O)[C@@H](O)[C@@H](COP(=O)(OCOC(=O)C(C)(C)C)OCOC(=O)C(C)(C)C)O[C@H]1n1ccc(=O)[nH]c1=O. The number of aromatic amines is 1. The van der Waals surface area contributed by atoms with Crippen LogP contribution in [0.5, 0.6) is 0 Å². The van der Waals surface area contributed by atoms with Gasteiger partial charge >= 0.3 is 25.5 Å². The number of aromatic nitrogens is 2. The number of terminal acetylenes is 1. The summed E-state index contributed by atoms with van der Waals surface area (Å²) < 4.78 is 44.6. The van der Waals surface area contributed by atoms with Crippen LogP contribution in [-0.2, 0) is 41.9 Å². The van der Waals surface area contributed by atoms with Gasteiger partial charge in [0.1, 0.15) is 12.2 Å². The first-order valence-corrected chi connectivity index (χ1v) is 13.0. The summed E-state index contributed by atoms with van der Waals surface area (Å²) in [7, 11) is -4.67. The van der Waals surface area contributed by atoms with Crippen LogP contribution in [0, 0.1) is 23.2 Å². The molecule has 15 nitrogen and oxygen atoms in total. The monoisotopic (exact) mass is 576 g/mol. The van der Waals surface area contributed by atoms with Crippen molar-refractivity contribution >= 4 is 19.8 Å². The molecule has 0 amide bonds. The summed E-state index contributed by atoms with van der Waals surface area (Å²) in [6.45, 7) is 6.89. The van der Waals surface area contributed by atoms with Crippen molar-refractivity contribution in [2.45, 2.75) is 65.6 Å². The molecule has 1 aliphatic rings. The lowest BCUT2D eigenvalue weighted by Crippen LogP contribution is -2.48. The fourth-order valence-corrected chi connectivity index (χ4v) is 3.87. The molecule has 2 heterocycles. The van der Waals surface area contributed by atoms with Gasteiger partial charge in [0.25, 0.3) is 5.56 Å². The molecule has 0 aliphatic carbocycles. The molecule has 1 unspecified atom stereocenters. The number of nitrogens with zero attached hydrogens (tertiary/aromatic N) is 1. The molecule has 1 saturated heterocycles. The first-order valence-electron chi connectivity index (χ1n) is 11.6. The van der Waals surface area contributed by atoms with Crippen LogP contribution in [0.4, 0.5) is 0 Å². The van der Waals surface area contributed by atoms with Crippen LogP contribution in [0.2, 0.25) is 0 Å². The maximum Gasteiger partial charge on any atom is 0.480 e. The van der Waals surface area contributed by atoms with E-state index in [9.17, 15) is 34.0 Å². The Bertz CT molecular complexity index is 1220. The zero-order chi connectivity index (χ0) is 29.8. The number of nitrogens with one attached hydrogen (secondary N) is 1. The van der Waals surface area contributed by atoms with E-state index in [1.54, 1.807) is 41.5 Å². The molecule has 2 rings (SSSR count). The van der Waals surface area contributed by atoms with E-state index in [-0.39, 0.29) is 0 Å². The number of hydrogen-bond acceptors (Lipinski definition) is 13. The summed E-state index contributed by atoms with van der Waals surface area (Å²) in [6.07, 6.45) is 1.31. The zero-order valence-corrected chi connectivity index (χ0v) is 23.3. The zero-order valence-electron chi connectivity index (χ0n) is 22.4. The third kappa shape index (κ3) is 8.09. The van der Waals surface area contributed by atoms with Crippen molar-refractivity contribution in [2.24, 2.45) is 10.8 Å². The molecular formula is C23H33N2O13P. The van der Waals surface area contributed by atoms with Crippen LogP contribution in [-0.4, -0.2) is 69.7 Å². The van der Waals surface area contributed by atoms with Crippen molar-refractivity contribution in [3.05, 3.63) is 33.1 Å². The standard InChI is InChI=1S/C23H33N2O13P/c1-8-23(31)16(27)14(38-17(23)25-10-9-15(26)24-20(25)30)11-35-39(32,36-12-33-18(28)21(2,3)4)37-13-34-19(29)22(5,6)7/h1,9-10,14,16-17,27,31H,11-13H2,2-7H3,(H,24,26,30)/t14-,16+,17-,23?/m1/s1. The number of carbonyl (C=O) groups excluding carboxylic acids is 2. The second-order valence-corrected chi connectivity index (χ2v) is 12.2. The van der Waals surface area contributed by atoms with E-state index in [0.717, 1.165) is 16.8 Å². The highest BCUT2D eigenvalue weighted by atomic mass is 31.2. The smallest absolute Gasteiger partial charge is 0.437 e. The molecule has 1 aromatic rings. The Kier molecular flexibility index (Phi) is 10.1. The molecule has 1 aliphatic heterocycles. The minimum absolute atomic E-state index is 0.698. The minimum atomic E-state index is -4.67. The Morgan fingerprint density at radius 3 is 2.05 bits per heavy atom. The topological polar surface area (TPSA) is 202 Å². The van der Waals surface area contributed by atoms with Gasteiger partial charge in [-0.2, -0.15) is 0 Å². The van der Waals surface area contributed by atoms with Gasteiger partial charge < -0.3 is 24.4 Å². The third-order valence-electron chi connectivity index (χ3n) is 5.24. The molecule has 0 radical (unpaired) electrons. The summed E-state index contributed by atoms with van der Waals surface area (Å²) >= 11 is 0. The number of H-pyrrole nitrogens is 1. The van der Waals surface area contributed by atoms with E-state index in [4.69, 9.17) is 34.2 Å². The lowest BCUT2D eigenvalue weighted by atomic mass is 9.95. The van der Waals surface area contributed by atoms with Gasteiger partial charge in [-0.1, -0.05) is 5.92 Å². The van der Waals surface area contributed by atoms with Crippen molar-refractivity contribution < 1.29 is 52.1 Å². The van der Waals surface area contributed by atoms with Crippen LogP contribution in [0.15, 0.2) is 21.9 Å². The average Bonchev–Trinajstić information content (AvgIpc) is 3.07. The van der Waals surface area contributed by atoms with Crippen LogP contribution >= 0.6 is 7.82 Å². The van der Waals surface area contributed by atoms with Gasteiger partial charge in [0.15, 0.2) is 11.8 Å². The van der Waals surface area contributed by atoms with Crippen molar-refractivity contribution in [1.82, 2.24) is 9.55 Å². The highest BCUT2D eigenvalue weighted by Gasteiger charge is 2.56. The molecule has 218 valence electrons. The van der Waals surface area contributed by atoms with Crippen molar-refractivity contribution in [3.63, 3.8) is 0 Å². The van der Waals surface area contributed by atoms with Crippen molar-refractivity contribution in [3.8, 4) is 12.3 Å². The number of phosphoric ester groups is 1. The molecule has 0 aromatic carbocycles. The number of aliphatic hydroxyl groups excluding tert-OH is 1. The van der Waals surface area contributed by atoms with Crippen LogP contribution in [0.25, 0.3) is 0 Å². The summed E-state index contributed by atoms with van der Waals surface area (Å²) in [5.74, 6) is 0.560. The second kappa shape index (κ2) is 12.1. The van der Waals surface area contributed by atoms with E-state index >= 15 is 0 Å². The van der Waals surface area contributed by atoms with Gasteiger partial charge in [-0.05, 0) is 41.5 Å². The molecule has 39 heavy (non-hydrogen) atoms. The van der Waals surface area contributed by atoms with Crippen LogP contribution < -0.4 is 11.2 Å². The van der Waals surface area contributed by atoms with E-state index in [1.165, 1.54) is 0 Å². The van der Waals surface area contributed by atoms with E-state index in [1.807, 2.05) is 10.9 Å². The molecule has 0 spiro atoms. The largest absolute Gasteiger partial charge is 0.480 e. The maximum atomic E-state index is 13.2. The van der Waals surface area contributed by atoms with E-state index < -0.39 is 86.1 Å². The Morgan fingerprint density at radius 2 is 1.62 bits per heavy atom. The van der Waals surface area contributed by atoms with Gasteiger partial charge in [0.2, 0.25) is 13.6 Å². The first kappa shape index (κ1) is 32.4. The summed E-state index contributed by atoms with van der Waals surface area (Å²) in [5, 5.41) is 21.5. The predicted molar refractivity (Wildman–Crippen MR) is 132 cm³/mol. The number of phosphoric acid groups is 1. The van der Waals surface area contributed by atoms with Crippen molar-refractivity contribution in [1.29, 1.82) is 0 Å². The van der Waals surface area contributed by atoms with Gasteiger partial charge in [0.05, 0.1) is 17.4 Å². The fourth-order valence-electron chi connectivity index (χ4n) is 2.95. The lowest BCUT2D eigenvalue weighted by molar-refractivity contribution is -0.163. The molecule has 3 N–H and O–H groups in total. The van der Waals surface area contributed by atoms with Gasteiger partial charge in [-0.3, -0.25) is 28.5 Å². The Morgan fingerprint density at radius 1 is 1.10 bits per heavy atom. The molecule has 0 bridgehead atoms. The maximum absolute atomic E-state index is 13.2. The number of aliphatic hydroxyl groups is 2. The molecule has 4 atom stereocenters. The van der Waals surface area contributed by atoms with Gasteiger partial charge in [-0.25, -0.2) is 18.4 Å². The summed E-state index contributed by atoms with van der Waals surface area (Å²) in [4.78, 5) is 49.6. The summed E-state index contributed by atoms with van der Waals surface area (Å²) in [5.41, 5.74) is -6.02. The van der Waals surface area contributed by atoms with E-state index in [0.29, 0.717) is 0 Å². The first-order chi connectivity index (χ1) is 17.8. The van der Waals surface area contributed by atoms with Crippen LogP contribution in [0.3, 0.4) is 0 Å². The molecule has 16 heteroatoms. The molecule has 1 fully saturated rings. The number of rotatable bonds is 10. The van der Waals surface area contributed by atoms with E-state index in [2.05, 4.69) is 0 Å². The quantitative estimate of drug-likeness (QED) is 0.150. The Labute approximate surface area is 223 Å². The minimum Gasteiger partial charge on any atom is -0.437 e. The normalized spacial score (nSPS) is 23.7. The van der Waals surface area contributed by atoms with Crippen molar-refractivity contribution in [2.75, 3.05) is 20.2 Å². The third-order valence-corrected chi connectivity index (χ3v) is 6.55. The lowest BCUT2D eigenvalue weighted by Gasteiger charge is -2.26. The number of carbonyl (C=O) groups is 2. The van der Waals surface area contributed by atoms with Gasteiger partial charge in [0, 0.05) is 12.3 Å². The Balaban J connectivity index is 2.19. The molecule has 0 saturated carbocycles. The fraction of sp³-hybridized carbons (Fsp3) is 0.652. The number of esters is 2. The average molecular weight is 576 g/mol. The number of ether oxygens (including phenoxy) is 3. The predicted octanol–water partition coefficient (Wildman–Crippen LogP) is 0.411. The highest BCUT2D eigenvalue weighted by Crippen LogP contribution is 2.50. The highest BCUT2D eigenvalue weighted by molar-refractivity contribution is 7.48. The molecular weight excluding hydrogens is 543 g/mol. The number of hydrogen-bond donors (Lipinski definition) is 3.